The van der Waals surface area contributed by atoms with Gasteiger partial charge in [-0.15, -0.1) is 13.2 Å². The lowest BCUT2D eigenvalue weighted by Gasteiger charge is -2.11. The molecule has 1 N–H and O–H groups in total. The van der Waals surface area contributed by atoms with E-state index in [4.69, 9.17) is 5.11 Å². The maximum atomic E-state index is 12.3. The minimum atomic E-state index is -4.89. The molecule has 8 heteroatoms. The zero-order valence-corrected chi connectivity index (χ0v) is 9.13. The Balaban J connectivity index is 3.11. The van der Waals surface area contributed by atoms with Gasteiger partial charge in [-0.2, -0.15) is 0 Å². The zero-order chi connectivity index (χ0) is 11.6. The van der Waals surface area contributed by atoms with Crippen molar-refractivity contribution in [1.82, 2.24) is 4.98 Å². The van der Waals surface area contributed by atoms with Crippen LogP contribution in [0.3, 0.4) is 0 Å². The van der Waals surface area contributed by atoms with Gasteiger partial charge in [-0.05, 0) is 22.6 Å². The Morgan fingerprint density at radius 2 is 2.07 bits per heavy atom. The van der Waals surface area contributed by atoms with Gasteiger partial charge in [-0.3, -0.25) is 0 Å². The van der Waals surface area contributed by atoms with Gasteiger partial charge in [-0.1, -0.05) is 0 Å². The van der Waals surface area contributed by atoms with Crippen molar-refractivity contribution in [3.05, 3.63) is 15.3 Å². The maximum absolute atomic E-state index is 12.3. The highest BCUT2D eigenvalue weighted by molar-refractivity contribution is 14.1. The first-order valence-electron chi connectivity index (χ1n) is 3.53. The number of ether oxygens (including phenoxy) is 1. The molecule has 0 saturated carbocycles. The van der Waals surface area contributed by atoms with Crippen molar-refractivity contribution in [3.8, 4) is 11.6 Å². The van der Waals surface area contributed by atoms with Gasteiger partial charge in [0.05, 0.1) is 9.77 Å². The zero-order valence-electron chi connectivity index (χ0n) is 6.98. The summed E-state index contributed by atoms with van der Waals surface area (Å²) < 4.78 is 51.2. The first-order chi connectivity index (χ1) is 6.85. The van der Waals surface area contributed by atoms with Crippen LogP contribution in [0.2, 0.25) is 0 Å². The highest BCUT2D eigenvalue weighted by atomic mass is 127. The predicted molar refractivity (Wildman–Crippen MR) is 50.1 cm³/mol. The third kappa shape index (κ3) is 3.08. The average molecular weight is 337 g/mol. The Morgan fingerprint density at radius 1 is 1.47 bits per heavy atom. The topological polar surface area (TPSA) is 42.4 Å². The molecule has 0 aliphatic carbocycles. The Labute approximate surface area is 95.2 Å². The normalized spacial score (nSPS) is 11.5. The lowest BCUT2D eigenvalue weighted by Crippen LogP contribution is -2.19. The van der Waals surface area contributed by atoms with E-state index in [0.29, 0.717) is 6.20 Å². The highest BCUT2D eigenvalue weighted by Gasteiger charge is 2.33. The fraction of sp³-hybridized carbons (Fsp3) is 0.286. The van der Waals surface area contributed by atoms with Crippen LogP contribution in [-0.4, -0.2) is 16.5 Å². The summed E-state index contributed by atoms with van der Waals surface area (Å²) in [7, 11) is 0. The van der Waals surface area contributed by atoms with Crippen LogP contribution in [0.4, 0.5) is 17.6 Å². The van der Waals surface area contributed by atoms with Crippen molar-refractivity contribution < 1.29 is 27.4 Å². The van der Waals surface area contributed by atoms with Crippen LogP contribution in [-0.2, 0) is 6.67 Å². The van der Waals surface area contributed by atoms with Gasteiger partial charge < -0.3 is 9.84 Å². The van der Waals surface area contributed by atoms with Crippen molar-refractivity contribution in [2.75, 3.05) is 0 Å². The predicted octanol–water partition coefficient (Wildman–Crippen LogP) is 2.76. The summed E-state index contributed by atoms with van der Waals surface area (Å²) in [5.41, 5.74) is -0.273. The molecule has 1 rings (SSSR count). The van der Waals surface area contributed by atoms with E-state index in [1.165, 1.54) is 22.6 Å². The van der Waals surface area contributed by atoms with E-state index in [2.05, 4.69) is 9.72 Å². The molecule has 1 aromatic rings. The Bertz CT molecular complexity index is 369. The summed E-state index contributed by atoms with van der Waals surface area (Å²) in [6, 6.07) is 0. The molecule has 0 saturated heterocycles. The van der Waals surface area contributed by atoms with E-state index in [1.54, 1.807) is 0 Å². The number of pyridine rings is 1. The molecule has 0 amide bonds. The number of rotatable bonds is 2. The van der Waals surface area contributed by atoms with Gasteiger partial charge in [0.25, 0.3) is 0 Å². The molecule has 84 valence electrons. The molecule has 15 heavy (non-hydrogen) atoms. The Hall–Kier alpha value is -0.800. The standard InChI is InChI=1S/C7H4F4INO2/c8-1-3-4(14)2-13-6(5(3)12)15-7(9,10)11/h2,14H,1H2. The quantitative estimate of drug-likeness (QED) is 0.667. The number of aromatic hydroxyl groups is 1. The average Bonchev–Trinajstić information content (AvgIpc) is 2.09. The van der Waals surface area contributed by atoms with E-state index >= 15 is 0 Å². The van der Waals surface area contributed by atoms with Gasteiger partial charge >= 0.3 is 6.36 Å². The Morgan fingerprint density at radius 3 is 2.53 bits per heavy atom. The molecular formula is C7H4F4INO2. The summed E-state index contributed by atoms with van der Waals surface area (Å²) in [5, 5.41) is 9.07. The van der Waals surface area contributed by atoms with Crippen molar-refractivity contribution in [2.24, 2.45) is 0 Å². The van der Waals surface area contributed by atoms with E-state index in [-0.39, 0.29) is 9.13 Å². The van der Waals surface area contributed by atoms with Crippen molar-refractivity contribution in [3.63, 3.8) is 0 Å². The molecule has 1 heterocycles. The maximum Gasteiger partial charge on any atom is 0.574 e. The van der Waals surface area contributed by atoms with Gasteiger partial charge in [0, 0.05) is 5.56 Å². The minimum Gasteiger partial charge on any atom is -0.506 e. The summed E-state index contributed by atoms with van der Waals surface area (Å²) in [6.45, 7) is -1.10. The molecule has 0 unspecified atom stereocenters. The fourth-order valence-electron chi connectivity index (χ4n) is 0.804. The summed E-state index contributed by atoms with van der Waals surface area (Å²) >= 11 is 1.42. The number of hydrogen-bond donors (Lipinski definition) is 1. The van der Waals surface area contributed by atoms with Gasteiger partial charge in [-0.25, -0.2) is 9.37 Å². The van der Waals surface area contributed by atoms with Crippen LogP contribution in [0.15, 0.2) is 6.20 Å². The van der Waals surface area contributed by atoms with Gasteiger partial charge in [0.15, 0.2) is 0 Å². The molecule has 0 atom stereocenters. The first kappa shape index (κ1) is 12.3. The van der Waals surface area contributed by atoms with Crippen LogP contribution < -0.4 is 4.74 Å². The largest absolute Gasteiger partial charge is 0.574 e. The minimum absolute atomic E-state index is 0.201. The van der Waals surface area contributed by atoms with Gasteiger partial charge in [0.1, 0.15) is 12.4 Å². The van der Waals surface area contributed by atoms with Crippen molar-refractivity contribution in [1.29, 1.82) is 0 Å². The first-order valence-corrected chi connectivity index (χ1v) is 4.61. The number of alkyl halides is 4. The van der Waals surface area contributed by atoms with Crippen LogP contribution >= 0.6 is 22.6 Å². The lowest BCUT2D eigenvalue weighted by molar-refractivity contribution is -0.276. The van der Waals surface area contributed by atoms with E-state index < -0.39 is 24.7 Å². The SMILES string of the molecule is Oc1cnc(OC(F)(F)F)c(I)c1CF. The van der Waals surface area contributed by atoms with Crippen molar-refractivity contribution >= 4 is 22.6 Å². The van der Waals surface area contributed by atoms with Gasteiger partial charge in [0.2, 0.25) is 5.88 Å². The van der Waals surface area contributed by atoms with Crippen LogP contribution in [0.1, 0.15) is 5.56 Å². The lowest BCUT2D eigenvalue weighted by atomic mass is 10.3. The summed E-state index contributed by atoms with van der Waals surface area (Å²) in [5.74, 6) is -1.27. The van der Waals surface area contributed by atoms with E-state index in [9.17, 15) is 17.6 Å². The molecule has 0 fully saturated rings. The molecule has 0 aliphatic rings. The second-order valence-electron chi connectivity index (χ2n) is 2.42. The monoisotopic (exact) mass is 337 g/mol. The molecular weight excluding hydrogens is 333 g/mol. The van der Waals surface area contributed by atoms with Crippen LogP contribution in [0, 0.1) is 3.57 Å². The molecule has 0 radical (unpaired) electrons. The van der Waals surface area contributed by atoms with Crippen LogP contribution in [0.5, 0.6) is 11.6 Å². The number of hydrogen-bond acceptors (Lipinski definition) is 3. The molecule has 0 aliphatic heterocycles. The van der Waals surface area contributed by atoms with Crippen molar-refractivity contribution in [2.45, 2.75) is 13.0 Å². The molecule has 0 aromatic carbocycles. The molecule has 0 spiro atoms. The number of aromatic nitrogens is 1. The van der Waals surface area contributed by atoms with Crippen LogP contribution in [0.25, 0.3) is 0 Å². The fourth-order valence-corrected chi connectivity index (χ4v) is 1.47. The third-order valence-electron chi connectivity index (χ3n) is 1.41. The van der Waals surface area contributed by atoms with E-state index in [1.807, 2.05) is 0 Å². The molecule has 3 nitrogen and oxygen atoms in total. The number of halogens is 5. The summed E-state index contributed by atoms with van der Waals surface area (Å²) in [4.78, 5) is 3.21. The third-order valence-corrected chi connectivity index (χ3v) is 2.52. The Kier molecular flexibility index (Phi) is 3.58. The highest BCUT2D eigenvalue weighted by Crippen LogP contribution is 2.32. The second kappa shape index (κ2) is 4.37. The van der Waals surface area contributed by atoms with E-state index in [0.717, 1.165) is 0 Å². The molecule has 0 bridgehead atoms. The smallest absolute Gasteiger partial charge is 0.506 e. The molecule has 1 aromatic heterocycles. The summed E-state index contributed by atoms with van der Waals surface area (Å²) in [6.07, 6.45) is -4.18. The second-order valence-corrected chi connectivity index (χ2v) is 3.50. The number of nitrogens with zero attached hydrogens (tertiary/aromatic N) is 1.